The zero-order chi connectivity index (χ0) is 17.0. The molecule has 0 unspecified atom stereocenters. The molecule has 0 spiro atoms. The van der Waals surface area contributed by atoms with E-state index in [0.29, 0.717) is 28.2 Å². The highest BCUT2D eigenvalue weighted by atomic mass is 19.3. The van der Waals surface area contributed by atoms with Crippen molar-refractivity contribution >= 4 is 5.91 Å². The van der Waals surface area contributed by atoms with Gasteiger partial charge in [0.1, 0.15) is 0 Å². The van der Waals surface area contributed by atoms with Crippen molar-refractivity contribution in [1.82, 2.24) is 20.0 Å². The van der Waals surface area contributed by atoms with E-state index < -0.39 is 6.55 Å². The summed E-state index contributed by atoms with van der Waals surface area (Å²) in [5.41, 5.74) is 1.52. The van der Waals surface area contributed by atoms with Gasteiger partial charge in [-0.1, -0.05) is 6.92 Å². The van der Waals surface area contributed by atoms with Crippen molar-refractivity contribution in [3.8, 4) is 0 Å². The highest BCUT2D eigenvalue weighted by Gasteiger charge is 2.27. The van der Waals surface area contributed by atoms with Crippen molar-refractivity contribution in [1.29, 1.82) is 0 Å². The number of nitrogens with one attached hydrogen (secondary N) is 1. The quantitative estimate of drug-likeness (QED) is 0.872. The number of nitrogens with zero attached hydrogens (tertiary/aromatic N) is 3. The van der Waals surface area contributed by atoms with Gasteiger partial charge in [0.25, 0.3) is 0 Å². The molecular weight excluding hydrogens is 302 g/mol. The average Bonchev–Trinajstić information content (AvgIpc) is 2.81. The molecule has 1 aliphatic rings. The monoisotopic (exact) mass is 328 g/mol. The Kier molecular flexibility index (Phi) is 6.10. The maximum absolute atomic E-state index is 12.9. The van der Waals surface area contributed by atoms with Crippen molar-refractivity contribution in [2.75, 3.05) is 19.6 Å². The standard InChI is InChI=1S/C16H26F2N4O/c1-4-9-21(13-5-7-19-8-6-13)15(23)10-14-11(2)20-22(12(14)3)16(17)18/h13,16,19H,4-10H2,1-3H3. The van der Waals surface area contributed by atoms with Gasteiger partial charge in [0, 0.05) is 23.8 Å². The van der Waals surface area contributed by atoms with E-state index in [1.807, 2.05) is 11.8 Å². The lowest BCUT2D eigenvalue weighted by Crippen LogP contribution is -2.47. The first-order chi connectivity index (χ1) is 11.0. The van der Waals surface area contributed by atoms with Crippen LogP contribution in [-0.4, -0.2) is 46.3 Å². The third kappa shape index (κ3) is 4.07. The average molecular weight is 328 g/mol. The van der Waals surface area contributed by atoms with Crippen molar-refractivity contribution in [2.24, 2.45) is 0 Å². The minimum Gasteiger partial charge on any atom is -0.339 e. The van der Waals surface area contributed by atoms with Crippen LogP contribution in [0.25, 0.3) is 0 Å². The molecule has 1 saturated heterocycles. The molecule has 1 fully saturated rings. The second-order valence-electron chi connectivity index (χ2n) is 6.12. The van der Waals surface area contributed by atoms with Crippen LogP contribution in [0.4, 0.5) is 8.78 Å². The van der Waals surface area contributed by atoms with Gasteiger partial charge in [0.05, 0.1) is 12.1 Å². The van der Waals surface area contributed by atoms with E-state index in [0.717, 1.165) is 32.4 Å². The Morgan fingerprint density at radius 2 is 2.04 bits per heavy atom. The number of carbonyl (C=O) groups excluding carboxylic acids is 1. The van der Waals surface area contributed by atoms with Crippen molar-refractivity contribution in [3.63, 3.8) is 0 Å². The Bertz CT molecular complexity index is 538. The second kappa shape index (κ2) is 7.86. The van der Waals surface area contributed by atoms with Crippen LogP contribution in [0.1, 0.15) is 49.7 Å². The van der Waals surface area contributed by atoms with Crippen LogP contribution in [0.5, 0.6) is 0 Å². The summed E-state index contributed by atoms with van der Waals surface area (Å²) in [6.07, 6.45) is 2.93. The first-order valence-electron chi connectivity index (χ1n) is 8.28. The fraction of sp³-hybridized carbons (Fsp3) is 0.750. The van der Waals surface area contributed by atoms with Gasteiger partial charge in [-0.15, -0.1) is 0 Å². The Morgan fingerprint density at radius 3 is 2.57 bits per heavy atom. The molecule has 130 valence electrons. The highest BCUT2D eigenvalue weighted by Crippen LogP contribution is 2.21. The van der Waals surface area contributed by atoms with E-state index >= 15 is 0 Å². The van der Waals surface area contributed by atoms with E-state index in [1.165, 1.54) is 0 Å². The molecular formula is C16H26F2N4O. The van der Waals surface area contributed by atoms with Crippen LogP contribution >= 0.6 is 0 Å². The van der Waals surface area contributed by atoms with E-state index in [-0.39, 0.29) is 18.4 Å². The molecule has 0 bridgehead atoms. The maximum atomic E-state index is 12.9. The highest BCUT2D eigenvalue weighted by molar-refractivity contribution is 5.79. The molecule has 1 aromatic heterocycles. The number of alkyl halides is 2. The van der Waals surface area contributed by atoms with Crippen molar-refractivity contribution < 1.29 is 13.6 Å². The summed E-state index contributed by atoms with van der Waals surface area (Å²) in [6, 6.07) is 0.245. The lowest BCUT2D eigenvalue weighted by Gasteiger charge is -2.34. The smallest absolute Gasteiger partial charge is 0.333 e. The third-order valence-electron chi connectivity index (χ3n) is 4.52. The number of aromatic nitrogens is 2. The molecule has 1 aromatic rings. The van der Waals surface area contributed by atoms with Crippen LogP contribution < -0.4 is 5.32 Å². The summed E-state index contributed by atoms with van der Waals surface area (Å²) in [7, 11) is 0. The number of piperidine rings is 1. The second-order valence-corrected chi connectivity index (χ2v) is 6.12. The predicted molar refractivity (Wildman–Crippen MR) is 84.6 cm³/mol. The molecule has 0 aliphatic carbocycles. The minimum atomic E-state index is -2.67. The Hall–Kier alpha value is -1.50. The number of aryl methyl sites for hydroxylation is 1. The minimum absolute atomic E-state index is 0.0127. The summed E-state index contributed by atoms with van der Waals surface area (Å²) in [5.74, 6) is 0.0127. The summed E-state index contributed by atoms with van der Waals surface area (Å²) in [6.45, 7) is 5.21. The van der Waals surface area contributed by atoms with Crippen LogP contribution in [0, 0.1) is 13.8 Å². The predicted octanol–water partition coefficient (Wildman–Crippen LogP) is 2.43. The molecule has 5 nitrogen and oxygen atoms in total. The molecule has 0 atom stereocenters. The van der Waals surface area contributed by atoms with Gasteiger partial charge in [0.15, 0.2) is 0 Å². The van der Waals surface area contributed by atoms with Crippen LogP contribution in [-0.2, 0) is 11.2 Å². The van der Waals surface area contributed by atoms with Gasteiger partial charge in [-0.25, -0.2) is 4.68 Å². The molecule has 7 heteroatoms. The van der Waals surface area contributed by atoms with Gasteiger partial charge < -0.3 is 10.2 Å². The molecule has 0 aromatic carbocycles. The lowest BCUT2D eigenvalue weighted by atomic mass is 10.0. The van der Waals surface area contributed by atoms with Gasteiger partial charge in [0.2, 0.25) is 5.91 Å². The fourth-order valence-electron chi connectivity index (χ4n) is 3.27. The van der Waals surface area contributed by atoms with Crippen LogP contribution in [0.15, 0.2) is 0 Å². The summed E-state index contributed by atoms with van der Waals surface area (Å²) in [5, 5.41) is 7.17. The van der Waals surface area contributed by atoms with E-state index in [2.05, 4.69) is 10.4 Å². The molecule has 23 heavy (non-hydrogen) atoms. The number of amides is 1. The molecule has 2 rings (SSSR count). The van der Waals surface area contributed by atoms with Gasteiger partial charge in [-0.3, -0.25) is 4.79 Å². The fourth-order valence-corrected chi connectivity index (χ4v) is 3.27. The van der Waals surface area contributed by atoms with E-state index in [9.17, 15) is 13.6 Å². The number of halogens is 2. The normalized spacial score (nSPS) is 16.1. The zero-order valence-electron chi connectivity index (χ0n) is 14.1. The Balaban J connectivity index is 2.15. The maximum Gasteiger partial charge on any atom is 0.333 e. The Labute approximate surface area is 136 Å². The number of hydrogen-bond acceptors (Lipinski definition) is 3. The molecule has 0 saturated carbocycles. The van der Waals surface area contributed by atoms with Gasteiger partial charge >= 0.3 is 6.55 Å². The first kappa shape index (κ1) is 17.8. The molecule has 2 heterocycles. The summed E-state index contributed by atoms with van der Waals surface area (Å²) >= 11 is 0. The van der Waals surface area contributed by atoms with Crippen molar-refractivity contribution in [2.45, 2.75) is 59.0 Å². The van der Waals surface area contributed by atoms with Gasteiger partial charge in [-0.2, -0.15) is 13.9 Å². The SMILES string of the molecule is CCCN(C(=O)Cc1c(C)nn(C(F)F)c1C)C1CCNCC1. The van der Waals surface area contributed by atoms with Crippen molar-refractivity contribution in [3.05, 3.63) is 17.0 Å². The Morgan fingerprint density at radius 1 is 1.39 bits per heavy atom. The topological polar surface area (TPSA) is 50.2 Å². The number of rotatable bonds is 6. The van der Waals surface area contributed by atoms with E-state index in [4.69, 9.17) is 0 Å². The molecule has 1 N–H and O–H groups in total. The zero-order valence-corrected chi connectivity index (χ0v) is 14.1. The first-order valence-corrected chi connectivity index (χ1v) is 8.28. The van der Waals surface area contributed by atoms with E-state index in [1.54, 1.807) is 13.8 Å². The summed E-state index contributed by atoms with van der Waals surface area (Å²) < 4.78 is 26.6. The number of carbonyl (C=O) groups is 1. The van der Waals surface area contributed by atoms with Crippen LogP contribution in [0.3, 0.4) is 0 Å². The number of hydrogen-bond donors (Lipinski definition) is 1. The largest absolute Gasteiger partial charge is 0.339 e. The lowest BCUT2D eigenvalue weighted by molar-refractivity contribution is -0.133. The molecule has 1 amide bonds. The molecule has 0 radical (unpaired) electrons. The van der Waals surface area contributed by atoms with Crippen LogP contribution in [0.2, 0.25) is 0 Å². The molecule has 1 aliphatic heterocycles. The van der Waals surface area contributed by atoms with Gasteiger partial charge in [-0.05, 0) is 46.2 Å². The third-order valence-corrected chi connectivity index (χ3v) is 4.52. The summed E-state index contributed by atoms with van der Waals surface area (Å²) in [4.78, 5) is 14.7.